The maximum atomic E-state index is 10.3. The van der Waals surface area contributed by atoms with Crippen LogP contribution in [0.15, 0.2) is 35.2 Å². The summed E-state index contributed by atoms with van der Waals surface area (Å²) in [5, 5.41) is 10.3. The minimum atomic E-state index is -0.457. The molecule has 0 aromatic heterocycles. The Morgan fingerprint density at radius 2 is 2.06 bits per heavy atom. The molecule has 0 radical (unpaired) electrons. The Labute approximate surface area is 102 Å². The molecular weight excluding hydrogens is 216 g/mol. The van der Waals surface area contributed by atoms with Crippen LogP contribution in [-0.4, -0.2) is 16.5 Å². The molecule has 0 spiro atoms. The monoisotopic (exact) mass is 236 g/mol. The van der Waals surface area contributed by atoms with E-state index in [4.69, 9.17) is 0 Å². The number of rotatable bonds is 3. The second kappa shape index (κ2) is 4.80. The third-order valence-electron chi connectivity index (χ3n) is 3.76. The zero-order chi connectivity index (χ0) is 11.6. The van der Waals surface area contributed by atoms with Gasteiger partial charge in [-0.15, -0.1) is 11.8 Å². The van der Waals surface area contributed by atoms with E-state index in [1.165, 1.54) is 4.90 Å². The standard InChI is InChI=1S/C14H20OS/c1-11-8-9-14(2,15)13(11)10-16-12-6-4-3-5-7-12/h3-7,11,13,15H,8-10H2,1-2H3/t11-,13-,14-/m1/s1. The molecule has 1 aromatic rings. The van der Waals surface area contributed by atoms with Crippen LogP contribution in [0.1, 0.15) is 26.7 Å². The summed E-state index contributed by atoms with van der Waals surface area (Å²) in [6, 6.07) is 10.5. The predicted molar refractivity (Wildman–Crippen MR) is 69.7 cm³/mol. The molecule has 3 atom stereocenters. The molecule has 0 heterocycles. The Morgan fingerprint density at radius 1 is 1.38 bits per heavy atom. The molecule has 1 N–H and O–H groups in total. The van der Waals surface area contributed by atoms with E-state index in [0.717, 1.165) is 18.6 Å². The summed E-state index contributed by atoms with van der Waals surface area (Å²) in [6.07, 6.45) is 2.11. The van der Waals surface area contributed by atoms with E-state index >= 15 is 0 Å². The number of benzene rings is 1. The largest absolute Gasteiger partial charge is 0.390 e. The van der Waals surface area contributed by atoms with Gasteiger partial charge < -0.3 is 5.11 Å². The van der Waals surface area contributed by atoms with Crippen molar-refractivity contribution in [1.29, 1.82) is 0 Å². The predicted octanol–water partition coefficient (Wildman–Crippen LogP) is 3.58. The minimum absolute atomic E-state index is 0.428. The van der Waals surface area contributed by atoms with Gasteiger partial charge >= 0.3 is 0 Å². The Kier molecular flexibility index (Phi) is 3.60. The first-order valence-corrected chi connectivity index (χ1v) is 6.98. The maximum absolute atomic E-state index is 10.3. The molecule has 1 fully saturated rings. The number of thioether (sulfide) groups is 1. The second-order valence-corrected chi connectivity index (χ2v) is 6.20. The first-order valence-electron chi connectivity index (χ1n) is 6.00. The second-order valence-electron chi connectivity index (χ2n) is 5.10. The average Bonchev–Trinajstić information content (AvgIpc) is 2.52. The summed E-state index contributed by atoms with van der Waals surface area (Å²) >= 11 is 1.86. The average molecular weight is 236 g/mol. The van der Waals surface area contributed by atoms with Crippen molar-refractivity contribution >= 4 is 11.8 Å². The summed E-state index contributed by atoms with van der Waals surface area (Å²) < 4.78 is 0. The fraction of sp³-hybridized carbons (Fsp3) is 0.571. The van der Waals surface area contributed by atoms with Gasteiger partial charge in [0.1, 0.15) is 0 Å². The molecule has 1 nitrogen and oxygen atoms in total. The normalized spacial score (nSPS) is 34.2. The fourth-order valence-corrected chi connectivity index (χ4v) is 3.98. The highest BCUT2D eigenvalue weighted by Crippen LogP contribution is 2.42. The molecule has 2 rings (SSSR count). The van der Waals surface area contributed by atoms with Crippen LogP contribution in [0.4, 0.5) is 0 Å². The van der Waals surface area contributed by atoms with E-state index in [0.29, 0.717) is 11.8 Å². The lowest BCUT2D eigenvalue weighted by Gasteiger charge is -2.27. The van der Waals surface area contributed by atoms with E-state index in [1.807, 2.05) is 24.8 Å². The van der Waals surface area contributed by atoms with Gasteiger partial charge in [-0.25, -0.2) is 0 Å². The van der Waals surface area contributed by atoms with Gasteiger partial charge in [0.2, 0.25) is 0 Å². The number of aliphatic hydroxyl groups is 1. The molecule has 1 aromatic carbocycles. The summed E-state index contributed by atoms with van der Waals surface area (Å²) in [5.74, 6) is 2.10. The van der Waals surface area contributed by atoms with Gasteiger partial charge in [0, 0.05) is 10.6 Å². The first-order chi connectivity index (χ1) is 7.59. The van der Waals surface area contributed by atoms with E-state index in [1.54, 1.807) is 0 Å². The molecular formula is C14H20OS. The molecule has 0 amide bonds. The fourth-order valence-electron chi connectivity index (χ4n) is 2.57. The molecule has 88 valence electrons. The Hall–Kier alpha value is -0.470. The summed E-state index contributed by atoms with van der Waals surface area (Å²) in [6.45, 7) is 4.25. The van der Waals surface area contributed by atoms with Crippen LogP contribution in [0.3, 0.4) is 0 Å². The molecule has 1 aliphatic carbocycles. The van der Waals surface area contributed by atoms with Gasteiger partial charge in [0.15, 0.2) is 0 Å². The van der Waals surface area contributed by atoms with Gasteiger partial charge in [-0.2, -0.15) is 0 Å². The summed E-state index contributed by atoms with van der Waals surface area (Å²) in [5.41, 5.74) is -0.457. The Bertz CT molecular complexity index is 334. The molecule has 0 unspecified atom stereocenters. The van der Waals surface area contributed by atoms with Crippen molar-refractivity contribution in [3.8, 4) is 0 Å². The SMILES string of the molecule is C[C@@H]1CC[C@@](C)(O)[C@@H]1CSc1ccccc1. The maximum Gasteiger partial charge on any atom is 0.0658 e. The van der Waals surface area contributed by atoms with Gasteiger partial charge in [0.05, 0.1) is 5.60 Å². The zero-order valence-corrected chi connectivity index (χ0v) is 10.8. The zero-order valence-electron chi connectivity index (χ0n) is 10.0. The molecule has 1 aliphatic rings. The van der Waals surface area contributed by atoms with Crippen LogP contribution in [0.25, 0.3) is 0 Å². The van der Waals surface area contributed by atoms with Crippen LogP contribution < -0.4 is 0 Å². The van der Waals surface area contributed by atoms with Crippen LogP contribution in [0.5, 0.6) is 0 Å². The summed E-state index contributed by atoms with van der Waals surface area (Å²) in [4.78, 5) is 1.30. The molecule has 1 saturated carbocycles. The molecule has 2 heteroatoms. The van der Waals surface area contributed by atoms with Crippen molar-refractivity contribution in [2.45, 2.75) is 37.2 Å². The summed E-state index contributed by atoms with van der Waals surface area (Å²) in [7, 11) is 0. The lowest BCUT2D eigenvalue weighted by atomic mass is 9.90. The third kappa shape index (κ3) is 2.61. The Morgan fingerprint density at radius 3 is 2.62 bits per heavy atom. The third-order valence-corrected chi connectivity index (χ3v) is 4.90. The quantitative estimate of drug-likeness (QED) is 0.810. The van der Waals surface area contributed by atoms with Crippen molar-refractivity contribution in [3.05, 3.63) is 30.3 Å². The number of hydrogen-bond donors (Lipinski definition) is 1. The van der Waals surface area contributed by atoms with Crippen molar-refractivity contribution in [1.82, 2.24) is 0 Å². The topological polar surface area (TPSA) is 20.2 Å². The van der Waals surface area contributed by atoms with E-state index in [2.05, 4.69) is 31.2 Å². The van der Waals surface area contributed by atoms with Crippen LogP contribution in [0, 0.1) is 11.8 Å². The molecule has 0 saturated heterocycles. The lowest BCUT2D eigenvalue weighted by molar-refractivity contribution is 0.0223. The van der Waals surface area contributed by atoms with E-state index in [-0.39, 0.29) is 0 Å². The van der Waals surface area contributed by atoms with Gasteiger partial charge in [-0.05, 0) is 43.7 Å². The highest BCUT2D eigenvalue weighted by atomic mass is 32.2. The molecule has 16 heavy (non-hydrogen) atoms. The van der Waals surface area contributed by atoms with Crippen LogP contribution >= 0.6 is 11.8 Å². The van der Waals surface area contributed by atoms with Gasteiger partial charge in [-0.3, -0.25) is 0 Å². The van der Waals surface area contributed by atoms with E-state index in [9.17, 15) is 5.11 Å². The van der Waals surface area contributed by atoms with Crippen molar-refractivity contribution < 1.29 is 5.11 Å². The lowest BCUT2D eigenvalue weighted by Crippen LogP contribution is -2.32. The first kappa shape index (κ1) is 12.0. The van der Waals surface area contributed by atoms with Crippen LogP contribution in [-0.2, 0) is 0 Å². The minimum Gasteiger partial charge on any atom is -0.390 e. The van der Waals surface area contributed by atoms with Gasteiger partial charge in [0.25, 0.3) is 0 Å². The highest BCUT2D eigenvalue weighted by Gasteiger charge is 2.41. The smallest absolute Gasteiger partial charge is 0.0658 e. The Balaban J connectivity index is 1.95. The van der Waals surface area contributed by atoms with Crippen molar-refractivity contribution in [2.75, 3.05) is 5.75 Å². The molecule has 0 bridgehead atoms. The highest BCUT2D eigenvalue weighted by molar-refractivity contribution is 7.99. The van der Waals surface area contributed by atoms with E-state index < -0.39 is 5.60 Å². The van der Waals surface area contributed by atoms with Crippen molar-refractivity contribution in [3.63, 3.8) is 0 Å². The number of hydrogen-bond acceptors (Lipinski definition) is 2. The van der Waals surface area contributed by atoms with Gasteiger partial charge in [-0.1, -0.05) is 25.1 Å². The molecule has 0 aliphatic heterocycles. The van der Waals surface area contributed by atoms with Crippen molar-refractivity contribution in [2.24, 2.45) is 11.8 Å². The van der Waals surface area contributed by atoms with Crippen LogP contribution in [0.2, 0.25) is 0 Å².